The van der Waals surface area contributed by atoms with Crippen molar-refractivity contribution in [2.75, 3.05) is 25.0 Å². The van der Waals surface area contributed by atoms with Gasteiger partial charge in [-0.25, -0.2) is 4.63 Å². The van der Waals surface area contributed by atoms with Crippen LogP contribution in [-0.4, -0.2) is 53.0 Å². The smallest absolute Gasteiger partial charge is 0.238 e. The second-order valence-electron chi connectivity index (χ2n) is 5.44. The van der Waals surface area contributed by atoms with Crippen LogP contribution >= 0.6 is 0 Å². The number of amides is 1. The first-order valence-electron chi connectivity index (χ1n) is 7.01. The zero-order valence-electron chi connectivity index (χ0n) is 12.1. The van der Waals surface area contributed by atoms with Crippen molar-refractivity contribution in [3.05, 3.63) is 18.2 Å². The van der Waals surface area contributed by atoms with Crippen LogP contribution in [0.2, 0.25) is 0 Å². The molecular formula is C14H18N4O3. The molecule has 0 spiro atoms. The van der Waals surface area contributed by atoms with Gasteiger partial charge in [0.15, 0.2) is 5.52 Å². The van der Waals surface area contributed by atoms with E-state index in [0.29, 0.717) is 23.3 Å². The summed E-state index contributed by atoms with van der Waals surface area (Å²) < 4.78 is 10.3. The molecule has 3 rings (SSSR count). The van der Waals surface area contributed by atoms with E-state index in [4.69, 9.17) is 4.74 Å². The Morgan fingerprint density at radius 1 is 1.33 bits per heavy atom. The highest BCUT2D eigenvalue weighted by Crippen LogP contribution is 2.19. The molecule has 21 heavy (non-hydrogen) atoms. The number of carbonyl (C=O) groups is 1. The molecule has 0 bridgehead atoms. The molecule has 0 aliphatic carbocycles. The van der Waals surface area contributed by atoms with Gasteiger partial charge in [-0.1, -0.05) is 6.07 Å². The van der Waals surface area contributed by atoms with Crippen LogP contribution in [0.4, 0.5) is 5.69 Å². The monoisotopic (exact) mass is 290 g/mol. The molecule has 2 aromatic rings. The molecule has 1 amide bonds. The number of carbonyl (C=O) groups excluding carboxylic acids is 1. The molecule has 1 aliphatic heterocycles. The molecule has 7 nitrogen and oxygen atoms in total. The molecule has 0 unspecified atom stereocenters. The van der Waals surface area contributed by atoms with Crippen molar-refractivity contribution in [1.29, 1.82) is 0 Å². The summed E-state index contributed by atoms with van der Waals surface area (Å²) in [4.78, 5) is 14.3. The van der Waals surface area contributed by atoms with Gasteiger partial charge in [0.25, 0.3) is 0 Å². The fourth-order valence-corrected chi connectivity index (χ4v) is 2.71. The van der Waals surface area contributed by atoms with Gasteiger partial charge in [-0.3, -0.25) is 9.69 Å². The van der Waals surface area contributed by atoms with Crippen LogP contribution in [0.5, 0.6) is 0 Å². The third kappa shape index (κ3) is 3.20. The number of rotatable bonds is 3. The van der Waals surface area contributed by atoms with Crippen molar-refractivity contribution in [2.24, 2.45) is 0 Å². The van der Waals surface area contributed by atoms with Crippen molar-refractivity contribution >= 4 is 22.6 Å². The summed E-state index contributed by atoms with van der Waals surface area (Å²) in [6, 6.07) is 5.38. The van der Waals surface area contributed by atoms with Gasteiger partial charge in [0, 0.05) is 13.1 Å². The van der Waals surface area contributed by atoms with Gasteiger partial charge in [-0.05, 0) is 36.3 Å². The second kappa shape index (κ2) is 5.79. The van der Waals surface area contributed by atoms with Gasteiger partial charge in [0.2, 0.25) is 5.91 Å². The van der Waals surface area contributed by atoms with E-state index in [-0.39, 0.29) is 18.1 Å². The van der Waals surface area contributed by atoms with E-state index < -0.39 is 0 Å². The van der Waals surface area contributed by atoms with Crippen LogP contribution < -0.4 is 5.32 Å². The fraction of sp³-hybridized carbons (Fsp3) is 0.500. The third-order valence-corrected chi connectivity index (χ3v) is 3.42. The standard InChI is InChI=1S/C14H18N4O3/c1-9-6-18(7-10(2)20-9)8-13(19)15-11-4-3-5-12-14(11)17-21-16-12/h3-5,9-10H,6-8H2,1-2H3,(H,15,19)/t9-,10-/m1/s1. The van der Waals surface area contributed by atoms with Crippen LogP contribution in [0, 0.1) is 0 Å². The number of ether oxygens (including phenoxy) is 1. The number of aromatic nitrogens is 2. The first-order chi connectivity index (χ1) is 10.1. The SMILES string of the molecule is C[C@@H]1CN(CC(=O)Nc2cccc3nonc23)C[C@@H](C)O1. The topological polar surface area (TPSA) is 80.5 Å². The summed E-state index contributed by atoms with van der Waals surface area (Å²) in [5, 5.41) is 10.4. The first kappa shape index (κ1) is 14.0. The molecule has 1 saturated heterocycles. The van der Waals surface area contributed by atoms with Gasteiger partial charge in [0.1, 0.15) is 5.52 Å². The largest absolute Gasteiger partial charge is 0.373 e. The fourth-order valence-electron chi connectivity index (χ4n) is 2.71. The number of nitrogens with one attached hydrogen (secondary N) is 1. The number of fused-ring (bicyclic) bond motifs is 1. The van der Waals surface area contributed by atoms with Gasteiger partial charge in [-0.2, -0.15) is 0 Å². The summed E-state index contributed by atoms with van der Waals surface area (Å²) in [5.74, 6) is -0.0770. The number of morpholine rings is 1. The molecule has 2 atom stereocenters. The van der Waals surface area contributed by atoms with E-state index in [9.17, 15) is 4.79 Å². The van der Waals surface area contributed by atoms with Gasteiger partial charge in [0.05, 0.1) is 24.4 Å². The van der Waals surface area contributed by atoms with E-state index in [0.717, 1.165) is 13.1 Å². The maximum Gasteiger partial charge on any atom is 0.238 e. The van der Waals surface area contributed by atoms with Crippen LogP contribution in [0.3, 0.4) is 0 Å². The lowest BCUT2D eigenvalue weighted by Crippen LogP contribution is -2.48. The van der Waals surface area contributed by atoms with Gasteiger partial charge in [-0.15, -0.1) is 0 Å². The maximum absolute atomic E-state index is 12.2. The average Bonchev–Trinajstić information content (AvgIpc) is 2.86. The summed E-state index contributed by atoms with van der Waals surface area (Å²) in [6.45, 7) is 5.88. The number of hydrogen-bond acceptors (Lipinski definition) is 6. The zero-order chi connectivity index (χ0) is 14.8. The highest BCUT2D eigenvalue weighted by molar-refractivity contribution is 5.99. The lowest BCUT2D eigenvalue weighted by Gasteiger charge is -2.34. The molecular weight excluding hydrogens is 272 g/mol. The average molecular weight is 290 g/mol. The van der Waals surface area contributed by atoms with Crippen molar-refractivity contribution in [1.82, 2.24) is 15.2 Å². The van der Waals surface area contributed by atoms with Crippen LogP contribution in [0.1, 0.15) is 13.8 Å². The van der Waals surface area contributed by atoms with Crippen molar-refractivity contribution in [3.63, 3.8) is 0 Å². The Bertz CT molecular complexity index is 632. The lowest BCUT2D eigenvalue weighted by molar-refractivity contribution is -0.121. The Balaban J connectivity index is 1.65. The predicted molar refractivity (Wildman–Crippen MR) is 76.9 cm³/mol. The van der Waals surface area contributed by atoms with Crippen LogP contribution in [-0.2, 0) is 9.53 Å². The second-order valence-corrected chi connectivity index (χ2v) is 5.44. The van der Waals surface area contributed by atoms with E-state index in [1.807, 2.05) is 13.8 Å². The molecule has 7 heteroatoms. The maximum atomic E-state index is 12.2. The van der Waals surface area contributed by atoms with Gasteiger partial charge >= 0.3 is 0 Å². The molecule has 2 heterocycles. The number of benzene rings is 1. The first-order valence-corrected chi connectivity index (χ1v) is 7.01. The molecule has 0 radical (unpaired) electrons. The zero-order valence-corrected chi connectivity index (χ0v) is 12.1. The van der Waals surface area contributed by atoms with Gasteiger partial charge < -0.3 is 10.1 Å². The highest BCUT2D eigenvalue weighted by Gasteiger charge is 2.23. The quantitative estimate of drug-likeness (QED) is 0.917. The normalized spacial score (nSPS) is 23.3. The van der Waals surface area contributed by atoms with E-state index in [2.05, 4.69) is 25.2 Å². The molecule has 0 saturated carbocycles. The van der Waals surface area contributed by atoms with Crippen LogP contribution in [0.15, 0.2) is 22.8 Å². The summed E-state index contributed by atoms with van der Waals surface area (Å²) in [5.41, 5.74) is 1.81. The number of hydrogen-bond donors (Lipinski definition) is 1. The molecule has 1 aromatic heterocycles. The molecule has 1 fully saturated rings. The van der Waals surface area contributed by atoms with E-state index in [1.165, 1.54) is 0 Å². The molecule has 112 valence electrons. The number of nitrogens with zero attached hydrogens (tertiary/aromatic N) is 3. The highest BCUT2D eigenvalue weighted by atomic mass is 16.6. The lowest BCUT2D eigenvalue weighted by atomic mass is 10.2. The molecule has 1 aromatic carbocycles. The third-order valence-electron chi connectivity index (χ3n) is 3.42. The minimum absolute atomic E-state index is 0.0770. The van der Waals surface area contributed by atoms with E-state index >= 15 is 0 Å². The van der Waals surface area contributed by atoms with Crippen molar-refractivity contribution < 1.29 is 14.2 Å². The Morgan fingerprint density at radius 2 is 2.10 bits per heavy atom. The minimum Gasteiger partial charge on any atom is -0.373 e. The Labute approximate surface area is 122 Å². The molecule has 1 aliphatic rings. The van der Waals surface area contributed by atoms with Crippen molar-refractivity contribution in [3.8, 4) is 0 Å². The number of anilines is 1. The Kier molecular flexibility index (Phi) is 3.85. The summed E-state index contributed by atoms with van der Waals surface area (Å²) in [7, 11) is 0. The summed E-state index contributed by atoms with van der Waals surface area (Å²) >= 11 is 0. The Hall–Kier alpha value is -1.99. The van der Waals surface area contributed by atoms with Crippen LogP contribution in [0.25, 0.3) is 11.0 Å². The van der Waals surface area contributed by atoms with Crippen molar-refractivity contribution in [2.45, 2.75) is 26.1 Å². The summed E-state index contributed by atoms with van der Waals surface area (Å²) in [6.07, 6.45) is 0.287. The van der Waals surface area contributed by atoms with E-state index in [1.54, 1.807) is 18.2 Å². The minimum atomic E-state index is -0.0770. The predicted octanol–water partition coefficient (Wildman–Crippen LogP) is 1.27. The Morgan fingerprint density at radius 3 is 2.86 bits per heavy atom. The molecule has 1 N–H and O–H groups in total.